The molecule has 11 nitrogen and oxygen atoms in total. The van der Waals surface area contributed by atoms with Crippen LogP contribution >= 0.6 is 0 Å². The molecule has 1 aliphatic heterocycles. The molecular formula is C22H33N7O4. The zero-order valence-electron chi connectivity index (χ0n) is 19.6. The second-order valence-corrected chi connectivity index (χ2v) is 7.98. The summed E-state index contributed by atoms with van der Waals surface area (Å²) in [5, 5.41) is 14.3. The Labute approximate surface area is 193 Å². The van der Waals surface area contributed by atoms with Gasteiger partial charge in [-0.25, -0.2) is 4.98 Å². The number of nitrogens with zero attached hydrogens (tertiary/aromatic N) is 5. The lowest BCUT2D eigenvalue weighted by molar-refractivity contribution is -0.156. The van der Waals surface area contributed by atoms with Crippen LogP contribution in [0.1, 0.15) is 50.0 Å². The van der Waals surface area contributed by atoms with E-state index in [1.807, 2.05) is 0 Å². The van der Waals surface area contributed by atoms with E-state index in [1.165, 1.54) is 7.11 Å². The number of methoxy groups -OCH3 is 2. The number of nitrogens with one attached hydrogen (secondary N) is 2. The highest BCUT2D eigenvalue weighted by Gasteiger charge is 2.42. The molecule has 3 rings (SSSR count). The van der Waals surface area contributed by atoms with Gasteiger partial charge in [-0.2, -0.15) is 0 Å². The Hall–Kier alpha value is -2.89. The number of carbonyl (C=O) groups is 2. The lowest BCUT2D eigenvalue weighted by Crippen LogP contribution is -2.71. The molecule has 0 aliphatic carbocycles. The van der Waals surface area contributed by atoms with Gasteiger partial charge < -0.3 is 14.8 Å². The average molecular weight is 460 g/mol. The van der Waals surface area contributed by atoms with E-state index < -0.39 is 30.3 Å². The maximum atomic E-state index is 13.0. The summed E-state index contributed by atoms with van der Waals surface area (Å²) < 4.78 is 12.3. The standard InChI is InChI=1S/C22H33N7O4/c1-5-7-8-15(6-2)29-13-17(19(21(31)32-3)25-22(29)33-4)24-20(30)16-9-10-18(27-26-16)28-12-11-23-14-28/h9-12,14-15,17,19,22,25H,5-8,13H2,1-4H3,(H,24,30). The average Bonchev–Trinajstić information content (AvgIpc) is 3.39. The molecule has 0 radical (unpaired) electrons. The second-order valence-electron chi connectivity index (χ2n) is 7.98. The van der Waals surface area contributed by atoms with Gasteiger partial charge in [-0.15, -0.1) is 10.2 Å². The number of ether oxygens (including phenoxy) is 2. The third-order valence-electron chi connectivity index (χ3n) is 5.91. The van der Waals surface area contributed by atoms with E-state index >= 15 is 0 Å². The summed E-state index contributed by atoms with van der Waals surface area (Å²) in [6.07, 6.45) is 8.61. The van der Waals surface area contributed by atoms with Crippen molar-refractivity contribution in [1.82, 2.24) is 35.3 Å². The first-order valence-corrected chi connectivity index (χ1v) is 11.3. The number of unbranched alkanes of at least 4 members (excludes halogenated alkanes) is 1. The van der Waals surface area contributed by atoms with Gasteiger partial charge in [0.1, 0.15) is 12.4 Å². The van der Waals surface area contributed by atoms with Crippen molar-refractivity contribution in [3.63, 3.8) is 0 Å². The monoisotopic (exact) mass is 459 g/mol. The highest BCUT2D eigenvalue weighted by molar-refractivity contribution is 5.93. The van der Waals surface area contributed by atoms with Crippen molar-refractivity contribution in [1.29, 1.82) is 0 Å². The van der Waals surface area contributed by atoms with Crippen LogP contribution < -0.4 is 10.6 Å². The Morgan fingerprint density at radius 2 is 2.09 bits per heavy atom. The van der Waals surface area contributed by atoms with Crippen molar-refractivity contribution >= 4 is 11.9 Å². The smallest absolute Gasteiger partial charge is 0.325 e. The van der Waals surface area contributed by atoms with Gasteiger partial charge in [-0.1, -0.05) is 26.7 Å². The second kappa shape index (κ2) is 11.8. The molecular weight excluding hydrogens is 426 g/mol. The summed E-state index contributed by atoms with van der Waals surface area (Å²) in [4.78, 5) is 31.6. The summed E-state index contributed by atoms with van der Waals surface area (Å²) in [5.41, 5.74) is 0.154. The fraction of sp³-hybridized carbons (Fsp3) is 0.591. The maximum Gasteiger partial charge on any atom is 0.325 e. The molecule has 1 fully saturated rings. The van der Waals surface area contributed by atoms with Gasteiger partial charge in [0.15, 0.2) is 17.9 Å². The highest BCUT2D eigenvalue weighted by atomic mass is 16.5. The van der Waals surface area contributed by atoms with E-state index in [0.29, 0.717) is 12.4 Å². The van der Waals surface area contributed by atoms with Crippen LogP contribution in [0.3, 0.4) is 0 Å². The molecule has 2 aromatic heterocycles. The first kappa shape index (κ1) is 24.7. The predicted octanol–water partition coefficient (Wildman–Crippen LogP) is 1.11. The Morgan fingerprint density at radius 1 is 1.27 bits per heavy atom. The number of aromatic nitrogens is 4. The number of imidazole rings is 1. The topological polar surface area (TPSA) is 124 Å². The number of rotatable bonds is 10. The van der Waals surface area contributed by atoms with Crippen LogP contribution in [0.15, 0.2) is 30.9 Å². The van der Waals surface area contributed by atoms with Crippen LogP contribution in [0, 0.1) is 0 Å². The molecule has 0 aromatic carbocycles. The third-order valence-corrected chi connectivity index (χ3v) is 5.91. The molecule has 33 heavy (non-hydrogen) atoms. The highest BCUT2D eigenvalue weighted by Crippen LogP contribution is 2.21. The van der Waals surface area contributed by atoms with E-state index in [2.05, 4.69) is 44.6 Å². The number of amides is 1. The van der Waals surface area contributed by atoms with Gasteiger partial charge >= 0.3 is 5.97 Å². The summed E-state index contributed by atoms with van der Waals surface area (Å²) in [6.45, 7) is 4.72. The summed E-state index contributed by atoms with van der Waals surface area (Å²) >= 11 is 0. The van der Waals surface area contributed by atoms with Crippen LogP contribution in [0.25, 0.3) is 5.82 Å². The van der Waals surface area contributed by atoms with Crippen molar-refractivity contribution in [2.24, 2.45) is 0 Å². The zero-order valence-corrected chi connectivity index (χ0v) is 19.6. The molecule has 2 aromatic rings. The van der Waals surface area contributed by atoms with Crippen molar-refractivity contribution in [2.75, 3.05) is 20.8 Å². The molecule has 180 valence electrons. The Morgan fingerprint density at radius 3 is 2.67 bits per heavy atom. The molecule has 1 saturated heterocycles. The Balaban J connectivity index is 1.77. The van der Waals surface area contributed by atoms with Crippen LogP contribution in [0.4, 0.5) is 0 Å². The van der Waals surface area contributed by atoms with Crippen molar-refractivity contribution in [3.8, 4) is 5.82 Å². The largest absolute Gasteiger partial charge is 0.468 e. The van der Waals surface area contributed by atoms with Crippen LogP contribution in [0.2, 0.25) is 0 Å². The Kier molecular flexibility index (Phi) is 8.87. The zero-order chi connectivity index (χ0) is 23.8. The van der Waals surface area contributed by atoms with E-state index in [-0.39, 0.29) is 11.7 Å². The van der Waals surface area contributed by atoms with E-state index in [0.717, 1.165) is 25.7 Å². The lowest BCUT2D eigenvalue weighted by Gasteiger charge is -2.46. The van der Waals surface area contributed by atoms with E-state index in [1.54, 1.807) is 42.5 Å². The van der Waals surface area contributed by atoms with Gasteiger partial charge in [0.2, 0.25) is 0 Å². The van der Waals surface area contributed by atoms with Gasteiger partial charge in [0, 0.05) is 32.1 Å². The first-order valence-electron chi connectivity index (χ1n) is 11.3. The normalized spacial score (nSPS) is 22.0. The van der Waals surface area contributed by atoms with E-state index in [4.69, 9.17) is 9.47 Å². The molecule has 0 bridgehead atoms. The molecule has 1 aliphatic rings. The fourth-order valence-electron chi connectivity index (χ4n) is 4.09. The summed E-state index contributed by atoms with van der Waals surface area (Å²) in [6, 6.07) is 2.22. The minimum Gasteiger partial charge on any atom is -0.468 e. The van der Waals surface area contributed by atoms with Crippen molar-refractivity contribution < 1.29 is 19.1 Å². The Bertz CT molecular complexity index is 891. The van der Waals surface area contributed by atoms with Gasteiger partial charge in [-0.3, -0.25) is 24.4 Å². The summed E-state index contributed by atoms with van der Waals surface area (Å²) in [5.74, 6) is -0.338. The molecule has 0 saturated carbocycles. The first-order chi connectivity index (χ1) is 16.0. The molecule has 3 heterocycles. The van der Waals surface area contributed by atoms with Crippen LogP contribution in [0.5, 0.6) is 0 Å². The van der Waals surface area contributed by atoms with E-state index in [9.17, 15) is 9.59 Å². The molecule has 0 spiro atoms. The minimum absolute atomic E-state index is 0.154. The van der Waals surface area contributed by atoms with Gasteiger partial charge in [0.25, 0.3) is 5.91 Å². The SMILES string of the molecule is CCCCC(CC)N1CC(NC(=O)c2ccc(-n3ccnc3)nn2)C(C(=O)OC)NC1OC. The van der Waals surface area contributed by atoms with Crippen LogP contribution in [-0.2, 0) is 14.3 Å². The van der Waals surface area contributed by atoms with Gasteiger partial charge in [0.05, 0.1) is 13.2 Å². The van der Waals surface area contributed by atoms with Crippen molar-refractivity contribution in [2.45, 2.75) is 64.0 Å². The number of carbonyl (C=O) groups excluding carboxylic acids is 2. The molecule has 2 N–H and O–H groups in total. The quantitative estimate of drug-likeness (QED) is 0.503. The van der Waals surface area contributed by atoms with Crippen LogP contribution in [-0.4, -0.2) is 81.8 Å². The lowest BCUT2D eigenvalue weighted by atomic mass is 9.99. The van der Waals surface area contributed by atoms with Crippen molar-refractivity contribution in [3.05, 3.63) is 36.5 Å². The number of hydrogen-bond acceptors (Lipinski definition) is 9. The fourth-order valence-corrected chi connectivity index (χ4v) is 4.09. The molecule has 4 atom stereocenters. The number of hydrogen-bond donors (Lipinski definition) is 2. The predicted molar refractivity (Wildman–Crippen MR) is 120 cm³/mol. The molecule has 1 amide bonds. The minimum atomic E-state index is -0.762. The molecule has 4 unspecified atom stereocenters. The van der Waals surface area contributed by atoms with Gasteiger partial charge in [-0.05, 0) is 25.0 Å². The number of esters is 1. The molecule has 11 heteroatoms. The maximum absolute atomic E-state index is 13.0. The summed E-state index contributed by atoms with van der Waals surface area (Å²) in [7, 11) is 2.93. The third kappa shape index (κ3) is 5.92.